The quantitative estimate of drug-likeness (QED) is 0.800. The first kappa shape index (κ1) is 18.2. The van der Waals surface area contributed by atoms with Crippen LogP contribution in [0.25, 0.3) is 0 Å². The lowest BCUT2D eigenvalue weighted by atomic mass is 10.0. The Morgan fingerprint density at radius 1 is 1.32 bits per heavy atom. The van der Waals surface area contributed by atoms with Gasteiger partial charge >= 0.3 is 0 Å². The molecule has 0 radical (unpaired) electrons. The maximum Gasteiger partial charge on any atom is 0.223 e. The average molecular weight is 366 g/mol. The van der Waals surface area contributed by atoms with Crippen molar-refractivity contribution in [2.75, 3.05) is 38.8 Å². The van der Waals surface area contributed by atoms with E-state index in [0.29, 0.717) is 32.5 Å². The number of hydrogen-bond donors (Lipinski definition) is 0. The summed E-state index contributed by atoms with van der Waals surface area (Å²) < 4.78 is 29.3. The molecule has 1 fully saturated rings. The van der Waals surface area contributed by atoms with Gasteiger partial charge in [-0.2, -0.15) is 0 Å². The van der Waals surface area contributed by atoms with Crippen LogP contribution in [-0.2, 0) is 21.2 Å². The van der Waals surface area contributed by atoms with Crippen LogP contribution in [0.5, 0.6) is 5.75 Å². The first-order valence-electron chi connectivity index (χ1n) is 8.69. The summed E-state index contributed by atoms with van der Waals surface area (Å²) in [5, 5.41) is 0. The van der Waals surface area contributed by atoms with Crippen LogP contribution in [0.1, 0.15) is 18.4 Å². The second kappa shape index (κ2) is 7.33. The first-order chi connectivity index (χ1) is 11.8. The summed E-state index contributed by atoms with van der Waals surface area (Å²) in [5.41, 5.74) is 0.996. The topological polar surface area (TPSA) is 66.9 Å². The number of rotatable bonds is 4. The second-order valence-electron chi connectivity index (χ2n) is 7.33. The van der Waals surface area contributed by atoms with Crippen molar-refractivity contribution in [3.8, 4) is 5.75 Å². The molecule has 2 atom stereocenters. The minimum atomic E-state index is -2.96. The summed E-state index contributed by atoms with van der Waals surface area (Å²) in [5.74, 6) is 1.13. The van der Waals surface area contributed by atoms with Crippen molar-refractivity contribution in [2.24, 2.45) is 5.92 Å². The average Bonchev–Trinajstić information content (AvgIpc) is 2.77. The number of nitrogens with zero attached hydrogens (tertiary/aromatic N) is 2. The third-order valence-corrected chi connectivity index (χ3v) is 6.71. The van der Waals surface area contributed by atoms with E-state index in [-0.39, 0.29) is 29.4 Å². The Bertz CT molecular complexity index is 732. The number of ether oxygens (including phenoxy) is 1. The molecule has 2 aliphatic rings. The molecule has 1 aromatic carbocycles. The van der Waals surface area contributed by atoms with Gasteiger partial charge in [0, 0.05) is 25.1 Å². The van der Waals surface area contributed by atoms with Crippen molar-refractivity contribution < 1.29 is 17.9 Å². The van der Waals surface area contributed by atoms with E-state index in [1.54, 1.807) is 0 Å². The van der Waals surface area contributed by atoms with Gasteiger partial charge in [0.25, 0.3) is 0 Å². The lowest BCUT2D eigenvalue weighted by Gasteiger charge is -2.32. The molecule has 0 N–H and O–H groups in total. The zero-order valence-electron chi connectivity index (χ0n) is 14.8. The van der Waals surface area contributed by atoms with E-state index in [1.807, 2.05) is 48.2 Å². The van der Waals surface area contributed by atoms with Crippen LogP contribution in [0, 0.1) is 5.92 Å². The fraction of sp³-hybridized carbons (Fsp3) is 0.611. The molecular formula is C18H26N2O4S. The van der Waals surface area contributed by atoms with Crippen LogP contribution in [-0.4, -0.2) is 68.9 Å². The van der Waals surface area contributed by atoms with Gasteiger partial charge < -0.3 is 14.5 Å². The molecule has 0 unspecified atom stereocenters. The lowest BCUT2D eigenvalue weighted by Crippen LogP contribution is -2.47. The summed E-state index contributed by atoms with van der Waals surface area (Å²) in [6.45, 7) is 1.67. The Morgan fingerprint density at radius 3 is 2.76 bits per heavy atom. The zero-order valence-corrected chi connectivity index (χ0v) is 15.7. The molecule has 3 rings (SSSR count). The Kier molecular flexibility index (Phi) is 5.34. The van der Waals surface area contributed by atoms with Gasteiger partial charge in [0.05, 0.1) is 17.5 Å². The first-order valence-corrected chi connectivity index (χ1v) is 10.5. The van der Waals surface area contributed by atoms with Crippen molar-refractivity contribution in [2.45, 2.75) is 25.4 Å². The fourth-order valence-corrected chi connectivity index (χ4v) is 5.49. The number of benzene rings is 1. The standard InChI is InChI=1S/C18H26N2O4S/c1-19(2)11-16-12-24-17-6-4-3-5-15(17)10-20(16)18(21)9-14-7-8-25(22,23)13-14/h3-6,14,16H,7-13H2,1-2H3/t14-,16-/m1/s1. The summed E-state index contributed by atoms with van der Waals surface area (Å²) in [6, 6.07) is 7.74. The molecule has 7 heteroatoms. The molecule has 1 saturated heterocycles. The normalized spacial score (nSPS) is 25.3. The molecule has 6 nitrogen and oxygen atoms in total. The summed E-state index contributed by atoms with van der Waals surface area (Å²) in [6.07, 6.45) is 0.888. The van der Waals surface area contributed by atoms with Crippen molar-refractivity contribution in [1.82, 2.24) is 9.80 Å². The van der Waals surface area contributed by atoms with Crippen LogP contribution in [0.2, 0.25) is 0 Å². The predicted molar refractivity (Wildman–Crippen MR) is 96.2 cm³/mol. The molecule has 0 aliphatic carbocycles. The maximum absolute atomic E-state index is 13.0. The highest BCUT2D eigenvalue weighted by Gasteiger charge is 2.34. The van der Waals surface area contributed by atoms with Gasteiger partial charge in [-0.1, -0.05) is 18.2 Å². The largest absolute Gasteiger partial charge is 0.491 e. The highest BCUT2D eigenvalue weighted by Crippen LogP contribution is 2.28. The van der Waals surface area contributed by atoms with E-state index in [0.717, 1.165) is 11.3 Å². The number of hydrogen-bond acceptors (Lipinski definition) is 5. The SMILES string of the molecule is CN(C)C[C@@H]1COc2ccccc2CN1C(=O)C[C@H]1CCS(=O)(=O)C1. The Hall–Kier alpha value is -1.60. The Morgan fingerprint density at radius 2 is 2.08 bits per heavy atom. The Balaban J connectivity index is 1.77. The van der Waals surface area contributed by atoms with Gasteiger partial charge in [0.15, 0.2) is 9.84 Å². The number of carbonyl (C=O) groups is 1. The molecule has 0 saturated carbocycles. The molecule has 25 heavy (non-hydrogen) atoms. The van der Waals surface area contributed by atoms with Crippen LogP contribution in [0.4, 0.5) is 0 Å². The Labute approximate surface area is 149 Å². The zero-order chi connectivity index (χ0) is 18.0. The van der Waals surface area contributed by atoms with Crippen LogP contribution in [0.3, 0.4) is 0 Å². The van der Waals surface area contributed by atoms with Crippen LogP contribution < -0.4 is 4.74 Å². The van der Waals surface area contributed by atoms with Gasteiger partial charge in [0.1, 0.15) is 12.4 Å². The van der Waals surface area contributed by atoms with E-state index in [2.05, 4.69) is 0 Å². The molecule has 0 aromatic heterocycles. The molecule has 138 valence electrons. The van der Waals surface area contributed by atoms with Gasteiger partial charge in [-0.25, -0.2) is 8.42 Å². The molecule has 1 amide bonds. The third-order valence-electron chi connectivity index (χ3n) is 4.87. The minimum Gasteiger partial charge on any atom is -0.491 e. The number of fused-ring (bicyclic) bond motifs is 1. The summed E-state index contributed by atoms with van der Waals surface area (Å²) in [4.78, 5) is 16.9. The molecular weight excluding hydrogens is 340 g/mol. The van der Waals surface area contributed by atoms with Gasteiger partial charge in [-0.15, -0.1) is 0 Å². The van der Waals surface area contributed by atoms with Gasteiger partial charge in [-0.05, 0) is 32.5 Å². The summed E-state index contributed by atoms with van der Waals surface area (Å²) >= 11 is 0. The van der Waals surface area contributed by atoms with E-state index in [4.69, 9.17) is 4.74 Å². The van der Waals surface area contributed by atoms with Crippen molar-refractivity contribution in [3.63, 3.8) is 0 Å². The van der Waals surface area contributed by atoms with E-state index < -0.39 is 9.84 Å². The van der Waals surface area contributed by atoms with Crippen molar-refractivity contribution >= 4 is 15.7 Å². The molecule has 1 aromatic rings. The number of para-hydroxylation sites is 1. The van der Waals surface area contributed by atoms with Gasteiger partial charge in [-0.3, -0.25) is 4.79 Å². The van der Waals surface area contributed by atoms with E-state index >= 15 is 0 Å². The lowest BCUT2D eigenvalue weighted by molar-refractivity contribution is -0.135. The highest BCUT2D eigenvalue weighted by atomic mass is 32.2. The minimum absolute atomic E-state index is 0.0225. The number of carbonyl (C=O) groups excluding carboxylic acids is 1. The predicted octanol–water partition coefficient (Wildman–Crippen LogP) is 1.16. The fourth-order valence-electron chi connectivity index (χ4n) is 3.63. The number of sulfone groups is 1. The molecule has 0 bridgehead atoms. The third kappa shape index (κ3) is 4.52. The molecule has 2 aliphatic heterocycles. The number of amides is 1. The number of likely N-dealkylation sites (N-methyl/N-ethyl adjacent to an activating group) is 1. The monoisotopic (exact) mass is 366 g/mol. The van der Waals surface area contributed by atoms with E-state index in [1.165, 1.54) is 0 Å². The molecule has 2 heterocycles. The van der Waals surface area contributed by atoms with Gasteiger partial charge in [0.2, 0.25) is 5.91 Å². The van der Waals surface area contributed by atoms with E-state index in [9.17, 15) is 13.2 Å². The molecule has 0 spiro atoms. The smallest absolute Gasteiger partial charge is 0.223 e. The maximum atomic E-state index is 13.0. The van der Waals surface area contributed by atoms with Crippen LogP contribution in [0.15, 0.2) is 24.3 Å². The highest BCUT2D eigenvalue weighted by molar-refractivity contribution is 7.91. The second-order valence-corrected chi connectivity index (χ2v) is 9.56. The van der Waals surface area contributed by atoms with Crippen molar-refractivity contribution in [3.05, 3.63) is 29.8 Å². The van der Waals surface area contributed by atoms with Crippen molar-refractivity contribution in [1.29, 1.82) is 0 Å². The van der Waals surface area contributed by atoms with Crippen LogP contribution >= 0.6 is 0 Å². The summed E-state index contributed by atoms with van der Waals surface area (Å²) in [7, 11) is 0.989.